The Morgan fingerprint density at radius 1 is 1.08 bits per heavy atom. The molecule has 0 aliphatic rings. The molecule has 9 heteroatoms. The van der Waals surface area contributed by atoms with Crippen molar-refractivity contribution < 1.29 is 18.7 Å². The maximum absolute atomic E-state index is 13.2. The fourth-order valence-corrected chi connectivity index (χ4v) is 3.88. The standard InChI is InChI=1S/C27H34N4O5/c1-7-31(8-2)23(32)21(16-18-12-10-9-11-13-18)29-25-28-20-15-14-19(17(3)22(20)24(33)35-25)30-26(34)36-27(4,5)6/h9-15,21H,7-8,16H2,1-6H3,(H,28,29)(H,30,34). The molecule has 1 unspecified atom stereocenters. The third kappa shape index (κ3) is 6.62. The number of nitrogens with one attached hydrogen (secondary N) is 2. The monoisotopic (exact) mass is 494 g/mol. The highest BCUT2D eigenvalue weighted by Crippen LogP contribution is 2.24. The first-order chi connectivity index (χ1) is 17.0. The summed E-state index contributed by atoms with van der Waals surface area (Å²) in [6.45, 7) is 12.0. The van der Waals surface area contributed by atoms with Crippen LogP contribution in [0.5, 0.6) is 0 Å². The van der Waals surface area contributed by atoms with Crippen molar-refractivity contribution in [3.8, 4) is 0 Å². The molecule has 0 saturated carbocycles. The molecule has 0 fully saturated rings. The smallest absolute Gasteiger partial charge is 0.412 e. The Morgan fingerprint density at radius 2 is 1.75 bits per heavy atom. The lowest BCUT2D eigenvalue weighted by atomic mass is 10.0. The van der Waals surface area contributed by atoms with Crippen LogP contribution in [-0.2, 0) is 16.0 Å². The maximum atomic E-state index is 13.2. The zero-order chi connectivity index (χ0) is 26.5. The fraction of sp³-hybridized carbons (Fsp3) is 0.407. The van der Waals surface area contributed by atoms with E-state index in [9.17, 15) is 14.4 Å². The number of fused-ring (bicyclic) bond motifs is 1. The number of ether oxygens (including phenoxy) is 1. The minimum Gasteiger partial charge on any atom is -0.444 e. The van der Waals surface area contributed by atoms with Gasteiger partial charge in [-0.05, 0) is 64.8 Å². The van der Waals surface area contributed by atoms with Crippen LogP contribution in [0.3, 0.4) is 0 Å². The van der Waals surface area contributed by atoms with Crippen LogP contribution in [-0.4, -0.2) is 46.6 Å². The van der Waals surface area contributed by atoms with Crippen LogP contribution < -0.4 is 16.3 Å². The van der Waals surface area contributed by atoms with Crippen molar-refractivity contribution in [2.75, 3.05) is 23.7 Å². The van der Waals surface area contributed by atoms with Gasteiger partial charge in [0, 0.05) is 25.2 Å². The van der Waals surface area contributed by atoms with Crippen molar-refractivity contribution >= 4 is 34.6 Å². The van der Waals surface area contributed by atoms with Crippen LogP contribution in [0.1, 0.15) is 45.7 Å². The van der Waals surface area contributed by atoms with E-state index in [1.807, 2.05) is 44.2 Å². The third-order valence-electron chi connectivity index (χ3n) is 5.65. The summed E-state index contributed by atoms with van der Waals surface area (Å²) in [5.41, 5.74) is 0.995. The summed E-state index contributed by atoms with van der Waals surface area (Å²) in [6, 6.07) is 12.2. The van der Waals surface area contributed by atoms with Gasteiger partial charge in [0.2, 0.25) is 5.91 Å². The number of aryl methyl sites for hydroxylation is 1. The highest BCUT2D eigenvalue weighted by molar-refractivity contribution is 5.93. The Kier molecular flexibility index (Phi) is 8.34. The lowest BCUT2D eigenvalue weighted by Crippen LogP contribution is -2.44. The molecular weight excluding hydrogens is 460 g/mol. The van der Waals surface area contributed by atoms with E-state index in [1.54, 1.807) is 44.7 Å². The van der Waals surface area contributed by atoms with Gasteiger partial charge < -0.3 is 19.4 Å². The molecule has 0 aliphatic heterocycles. The molecule has 192 valence electrons. The normalized spacial score (nSPS) is 12.2. The van der Waals surface area contributed by atoms with Gasteiger partial charge in [0.25, 0.3) is 6.01 Å². The summed E-state index contributed by atoms with van der Waals surface area (Å²) < 4.78 is 10.8. The molecule has 1 atom stereocenters. The van der Waals surface area contributed by atoms with Crippen molar-refractivity contribution in [3.63, 3.8) is 0 Å². The number of amides is 2. The first kappa shape index (κ1) is 26.7. The number of anilines is 2. The zero-order valence-electron chi connectivity index (χ0n) is 21.7. The number of rotatable bonds is 8. The van der Waals surface area contributed by atoms with Crippen LogP contribution in [0.15, 0.2) is 51.7 Å². The van der Waals surface area contributed by atoms with E-state index in [-0.39, 0.29) is 17.3 Å². The molecule has 2 amide bonds. The minimum atomic E-state index is -0.672. The Labute approximate surface area is 210 Å². The topological polar surface area (TPSA) is 114 Å². The molecule has 0 aliphatic carbocycles. The first-order valence-electron chi connectivity index (χ1n) is 12.1. The van der Waals surface area contributed by atoms with E-state index < -0.39 is 23.4 Å². The summed E-state index contributed by atoms with van der Waals surface area (Å²) in [4.78, 5) is 44.6. The molecule has 0 bridgehead atoms. The summed E-state index contributed by atoms with van der Waals surface area (Å²) in [5.74, 6) is -0.110. The lowest BCUT2D eigenvalue weighted by Gasteiger charge is -2.25. The van der Waals surface area contributed by atoms with Gasteiger partial charge in [-0.2, -0.15) is 4.98 Å². The third-order valence-corrected chi connectivity index (χ3v) is 5.65. The average Bonchev–Trinajstić information content (AvgIpc) is 2.80. The van der Waals surface area contributed by atoms with Crippen molar-refractivity contribution in [1.29, 1.82) is 0 Å². The molecule has 1 heterocycles. The summed E-state index contributed by atoms with van der Waals surface area (Å²) in [6.07, 6.45) is -0.226. The van der Waals surface area contributed by atoms with Gasteiger partial charge >= 0.3 is 11.7 Å². The van der Waals surface area contributed by atoms with E-state index in [0.717, 1.165) is 5.56 Å². The number of aromatic nitrogens is 1. The predicted octanol–water partition coefficient (Wildman–Crippen LogP) is 4.74. The molecule has 3 aromatic rings. The summed E-state index contributed by atoms with van der Waals surface area (Å²) in [5, 5.41) is 5.95. The Bertz CT molecular complexity index is 1280. The van der Waals surface area contributed by atoms with Gasteiger partial charge in [-0.1, -0.05) is 30.3 Å². The van der Waals surface area contributed by atoms with Gasteiger partial charge in [0.1, 0.15) is 11.6 Å². The SMILES string of the molecule is CCN(CC)C(=O)C(Cc1ccccc1)Nc1nc2ccc(NC(=O)OC(C)(C)C)c(C)c2c(=O)o1. The van der Waals surface area contributed by atoms with Crippen LogP contribution in [0.2, 0.25) is 0 Å². The second kappa shape index (κ2) is 11.2. The number of carbonyl (C=O) groups is 2. The molecule has 3 rings (SSSR count). The van der Waals surface area contributed by atoms with Gasteiger partial charge in [-0.15, -0.1) is 0 Å². The fourth-order valence-electron chi connectivity index (χ4n) is 3.88. The number of likely N-dealkylation sites (N-methyl/N-ethyl adjacent to an activating group) is 1. The average molecular weight is 495 g/mol. The largest absolute Gasteiger partial charge is 0.444 e. The molecule has 2 N–H and O–H groups in total. The molecule has 0 radical (unpaired) electrons. The highest BCUT2D eigenvalue weighted by atomic mass is 16.6. The summed E-state index contributed by atoms with van der Waals surface area (Å²) in [7, 11) is 0. The molecule has 2 aromatic carbocycles. The van der Waals surface area contributed by atoms with Crippen molar-refractivity contribution in [3.05, 3.63) is 64.0 Å². The number of hydrogen-bond donors (Lipinski definition) is 2. The predicted molar refractivity (Wildman–Crippen MR) is 140 cm³/mol. The van der Waals surface area contributed by atoms with Gasteiger partial charge in [-0.25, -0.2) is 9.59 Å². The quantitative estimate of drug-likeness (QED) is 0.465. The zero-order valence-corrected chi connectivity index (χ0v) is 21.7. The number of carbonyl (C=O) groups excluding carboxylic acids is 2. The molecule has 1 aromatic heterocycles. The molecular formula is C27H34N4O5. The van der Waals surface area contributed by atoms with Crippen LogP contribution in [0, 0.1) is 6.92 Å². The molecule has 0 saturated heterocycles. The summed E-state index contributed by atoms with van der Waals surface area (Å²) >= 11 is 0. The Morgan fingerprint density at radius 3 is 2.36 bits per heavy atom. The van der Waals surface area contributed by atoms with Crippen molar-refractivity contribution in [1.82, 2.24) is 9.88 Å². The van der Waals surface area contributed by atoms with E-state index in [2.05, 4.69) is 15.6 Å². The Balaban J connectivity index is 1.92. The highest BCUT2D eigenvalue weighted by Gasteiger charge is 2.25. The van der Waals surface area contributed by atoms with E-state index >= 15 is 0 Å². The lowest BCUT2D eigenvalue weighted by molar-refractivity contribution is -0.131. The van der Waals surface area contributed by atoms with Gasteiger partial charge in [0.05, 0.1) is 10.9 Å². The van der Waals surface area contributed by atoms with Gasteiger partial charge in [-0.3, -0.25) is 10.1 Å². The molecule has 9 nitrogen and oxygen atoms in total. The van der Waals surface area contributed by atoms with E-state index in [4.69, 9.17) is 9.15 Å². The second-order valence-corrected chi connectivity index (χ2v) is 9.46. The van der Waals surface area contributed by atoms with Gasteiger partial charge in [0.15, 0.2) is 0 Å². The number of hydrogen-bond acceptors (Lipinski definition) is 7. The van der Waals surface area contributed by atoms with Crippen LogP contribution in [0.4, 0.5) is 16.5 Å². The van der Waals surface area contributed by atoms with Crippen molar-refractivity contribution in [2.45, 2.75) is 59.6 Å². The number of benzene rings is 2. The maximum Gasteiger partial charge on any atom is 0.412 e. The van der Waals surface area contributed by atoms with E-state index in [0.29, 0.717) is 36.3 Å². The first-order valence-corrected chi connectivity index (χ1v) is 12.1. The van der Waals surface area contributed by atoms with Crippen molar-refractivity contribution in [2.24, 2.45) is 0 Å². The molecule has 36 heavy (non-hydrogen) atoms. The minimum absolute atomic E-state index is 0.0406. The Hall–Kier alpha value is -3.88. The van der Waals surface area contributed by atoms with Crippen LogP contribution in [0.25, 0.3) is 10.9 Å². The van der Waals surface area contributed by atoms with Crippen LogP contribution >= 0.6 is 0 Å². The van der Waals surface area contributed by atoms with E-state index in [1.165, 1.54) is 0 Å². The molecule has 0 spiro atoms. The second-order valence-electron chi connectivity index (χ2n) is 9.46. The number of nitrogens with zero attached hydrogens (tertiary/aromatic N) is 2.